The number of amides is 1. The number of aromatic amines is 1. The van der Waals surface area contributed by atoms with E-state index in [2.05, 4.69) is 15.2 Å². The first kappa shape index (κ1) is 12.4. The van der Waals surface area contributed by atoms with Gasteiger partial charge in [-0.2, -0.15) is 13.5 Å². The maximum atomic E-state index is 11.9. The third-order valence-electron chi connectivity index (χ3n) is 2.51. The molecular weight excluding hydrogens is 288 g/mol. The molecule has 0 saturated heterocycles. The molecule has 20 heavy (non-hydrogen) atoms. The molecule has 0 saturated carbocycles. The van der Waals surface area contributed by atoms with Crippen molar-refractivity contribution in [3.05, 3.63) is 30.1 Å². The fourth-order valence-electron chi connectivity index (χ4n) is 1.59. The van der Waals surface area contributed by atoms with E-state index in [0.717, 1.165) is 6.33 Å². The average Bonchev–Trinajstić information content (AvgIpc) is 3.09. The van der Waals surface area contributed by atoms with E-state index in [4.69, 9.17) is 9.47 Å². The molecule has 2 heterocycles. The van der Waals surface area contributed by atoms with Crippen LogP contribution in [0.4, 0.5) is 0 Å². The highest BCUT2D eigenvalue weighted by molar-refractivity contribution is 7.89. The number of hydrogen-bond donors (Lipinski definition) is 2. The zero-order chi connectivity index (χ0) is 14.2. The van der Waals surface area contributed by atoms with E-state index in [0.29, 0.717) is 11.5 Å². The average molecular weight is 296 g/mol. The maximum absolute atomic E-state index is 11.9. The number of nitrogens with one attached hydrogen (secondary N) is 2. The van der Waals surface area contributed by atoms with Crippen LogP contribution in [0, 0.1) is 0 Å². The molecule has 3 rings (SSSR count). The second-order valence-electron chi connectivity index (χ2n) is 3.79. The van der Waals surface area contributed by atoms with Gasteiger partial charge in [0, 0.05) is 5.56 Å². The minimum atomic E-state index is -4.08. The Morgan fingerprint density at radius 1 is 1.30 bits per heavy atom. The van der Waals surface area contributed by atoms with E-state index < -0.39 is 21.1 Å². The molecule has 2 aromatic rings. The number of hydrogen-bond acceptors (Lipinski definition) is 7. The van der Waals surface area contributed by atoms with Crippen LogP contribution in [0.15, 0.2) is 29.7 Å². The van der Waals surface area contributed by atoms with E-state index in [1.807, 2.05) is 4.72 Å². The molecule has 0 fully saturated rings. The van der Waals surface area contributed by atoms with Gasteiger partial charge in [0.15, 0.2) is 11.5 Å². The van der Waals surface area contributed by atoms with Crippen LogP contribution in [-0.4, -0.2) is 36.3 Å². The lowest BCUT2D eigenvalue weighted by atomic mass is 10.2. The van der Waals surface area contributed by atoms with Gasteiger partial charge in [0.05, 0.1) is 0 Å². The lowest BCUT2D eigenvalue weighted by molar-refractivity contribution is 0.0980. The Morgan fingerprint density at radius 2 is 2.10 bits per heavy atom. The van der Waals surface area contributed by atoms with Crippen LogP contribution >= 0.6 is 0 Å². The largest absolute Gasteiger partial charge is 0.454 e. The molecule has 0 atom stereocenters. The second-order valence-corrected chi connectivity index (χ2v) is 5.39. The number of aromatic nitrogens is 3. The number of carbonyl (C=O) groups is 1. The highest BCUT2D eigenvalue weighted by Crippen LogP contribution is 2.32. The number of ether oxygens (including phenoxy) is 2. The topological polar surface area (TPSA) is 123 Å². The van der Waals surface area contributed by atoms with Crippen molar-refractivity contribution >= 4 is 15.9 Å². The Bertz CT molecular complexity index is 756. The van der Waals surface area contributed by atoms with Gasteiger partial charge in [-0.1, -0.05) is 0 Å². The van der Waals surface area contributed by atoms with E-state index in [9.17, 15) is 13.2 Å². The molecule has 0 aliphatic carbocycles. The first-order chi connectivity index (χ1) is 9.56. The number of carbonyl (C=O) groups excluding carboxylic acids is 1. The molecule has 1 amide bonds. The quantitative estimate of drug-likeness (QED) is 0.793. The lowest BCUT2D eigenvalue weighted by Crippen LogP contribution is -2.31. The van der Waals surface area contributed by atoms with Crippen molar-refractivity contribution in [2.75, 3.05) is 6.79 Å². The minimum absolute atomic E-state index is 0.0662. The normalized spacial score (nSPS) is 13.2. The molecule has 0 bridgehead atoms. The van der Waals surface area contributed by atoms with Gasteiger partial charge in [0.1, 0.15) is 6.33 Å². The molecule has 9 nitrogen and oxygen atoms in total. The number of sulfonamides is 1. The maximum Gasteiger partial charge on any atom is 0.299 e. The number of fused-ring (bicyclic) bond motifs is 1. The molecule has 1 aromatic carbocycles. The Balaban J connectivity index is 1.83. The third-order valence-corrected chi connectivity index (χ3v) is 3.67. The summed E-state index contributed by atoms with van der Waals surface area (Å²) in [5.74, 6) is 0.0778. The van der Waals surface area contributed by atoms with Gasteiger partial charge in [-0.3, -0.25) is 4.79 Å². The summed E-state index contributed by atoms with van der Waals surface area (Å²) >= 11 is 0. The lowest BCUT2D eigenvalue weighted by Gasteiger charge is -2.04. The van der Waals surface area contributed by atoms with Gasteiger partial charge in [-0.25, -0.2) is 14.8 Å². The van der Waals surface area contributed by atoms with Crippen LogP contribution in [0.25, 0.3) is 0 Å². The van der Waals surface area contributed by atoms with Crippen molar-refractivity contribution in [3.8, 4) is 11.5 Å². The Kier molecular flexibility index (Phi) is 2.79. The van der Waals surface area contributed by atoms with Crippen molar-refractivity contribution in [1.82, 2.24) is 19.9 Å². The zero-order valence-corrected chi connectivity index (χ0v) is 10.7. The van der Waals surface area contributed by atoms with Gasteiger partial charge < -0.3 is 9.47 Å². The Labute approximate surface area is 113 Å². The van der Waals surface area contributed by atoms with E-state index in [-0.39, 0.29) is 12.4 Å². The molecule has 1 aliphatic heterocycles. The number of rotatable bonds is 3. The summed E-state index contributed by atoms with van der Waals surface area (Å²) in [4.78, 5) is 15.4. The monoisotopic (exact) mass is 296 g/mol. The van der Waals surface area contributed by atoms with E-state index in [1.54, 1.807) is 0 Å². The minimum Gasteiger partial charge on any atom is -0.454 e. The molecule has 0 spiro atoms. The summed E-state index contributed by atoms with van der Waals surface area (Å²) < 4.78 is 35.7. The summed E-state index contributed by atoms with van der Waals surface area (Å²) in [5, 5.41) is 5.14. The predicted octanol–water partition coefficient (Wildman–Crippen LogP) is -0.348. The van der Waals surface area contributed by atoms with Crippen LogP contribution in [0.1, 0.15) is 10.4 Å². The summed E-state index contributed by atoms with van der Waals surface area (Å²) in [6.45, 7) is 0.0662. The Hall–Kier alpha value is -2.62. The van der Waals surface area contributed by atoms with Crippen LogP contribution in [0.5, 0.6) is 11.5 Å². The standard InChI is InChI=1S/C10H8N4O5S/c15-9(14-20(16,17)10-11-4-12-13-10)6-1-2-7-8(3-6)19-5-18-7/h1-4H,5H2,(H,14,15)(H,11,12,13). The molecule has 1 aromatic heterocycles. The molecule has 104 valence electrons. The van der Waals surface area contributed by atoms with E-state index >= 15 is 0 Å². The first-order valence-corrected chi connectivity index (χ1v) is 6.87. The number of H-pyrrole nitrogens is 1. The molecule has 10 heteroatoms. The summed E-state index contributed by atoms with van der Waals surface area (Å²) in [6, 6.07) is 4.35. The third kappa shape index (κ3) is 2.16. The van der Waals surface area contributed by atoms with Crippen molar-refractivity contribution in [3.63, 3.8) is 0 Å². The molecule has 2 N–H and O–H groups in total. The van der Waals surface area contributed by atoms with Gasteiger partial charge in [-0.05, 0) is 18.2 Å². The summed E-state index contributed by atoms with van der Waals surface area (Å²) in [7, 11) is -4.08. The Morgan fingerprint density at radius 3 is 2.85 bits per heavy atom. The number of nitrogens with zero attached hydrogens (tertiary/aromatic N) is 2. The van der Waals surface area contributed by atoms with Gasteiger partial charge in [0.2, 0.25) is 6.79 Å². The van der Waals surface area contributed by atoms with Crippen LogP contribution in [-0.2, 0) is 10.0 Å². The zero-order valence-electron chi connectivity index (χ0n) is 9.86. The molecule has 1 aliphatic rings. The second kappa shape index (κ2) is 4.49. The van der Waals surface area contributed by atoms with Gasteiger partial charge in [0.25, 0.3) is 21.1 Å². The summed E-state index contributed by atoms with van der Waals surface area (Å²) in [5.41, 5.74) is 0.123. The van der Waals surface area contributed by atoms with Crippen LogP contribution < -0.4 is 14.2 Å². The fourth-order valence-corrected chi connectivity index (χ4v) is 2.41. The fraction of sp³-hybridized carbons (Fsp3) is 0.100. The van der Waals surface area contributed by atoms with Crippen molar-refractivity contribution in [2.24, 2.45) is 0 Å². The first-order valence-electron chi connectivity index (χ1n) is 5.38. The van der Waals surface area contributed by atoms with Crippen molar-refractivity contribution in [2.45, 2.75) is 5.16 Å². The van der Waals surface area contributed by atoms with Crippen molar-refractivity contribution < 1.29 is 22.7 Å². The number of benzene rings is 1. The highest BCUT2D eigenvalue weighted by atomic mass is 32.2. The van der Waals surface area contributed by atoms with E-state index in [1.165, 1.54) is 18.2 Å². The van der Waals surface area contributed by atoms with Crippen molar-refractivity contribution in [1.29, 1.82) is 0 Å². The molecular formula is C10H8N4O5S. The van der Waals surface area contributed by atoms with Crippen LogP contribution in [0.2, 0.25) is 0 Å². The highest BCUT2D eigenvalue weighted by Gasteiger charge is 2.23. The SMILES string of the molecule is O=C(NS(=O)(=O)c1ncn[nH]1)c1ccc2c(c1)OCO2. The summed E-state index contributed by atoms with van der Waals surface area (Å²) in [6.07, 6.45) is 1.03. The molecule has 0 radical (unpaired) electrons. The molecule has 0 unspecified atom stereocenters. The predicted molar refractivity (Wildman–Crippen MR) is 63.6 cm³/mol. The van der Waals surface area contributed by atoms with Gasteiger partial charge in [-0.15, -0.1) is 0 Å². The van der Waals surface area contributed by atoms with Crippen LogP contribution in [0.3, 0.4) is 0 Å². The van der Waals surface area contributed by atoms with Gasteiger partial charge >= 0.3 is 0 Å². The smallest absolute Gasteiger partial charge is 0.299 e.